The third kappa shape index (κ3) is 2.69. The summed E-state index contributed by atoms with van der Waals surface area (Å²) >= 11 is 3.42. The standard InChI is InChI=1S/C15H14BrN3O/c1-19-14(11-7-9-13(16)10-8-11)18-20-15(17-19)12-5-3-2-4-6-12/h2-10,15,17H,1H3. The number of hydrogen-bond donors (Lipinski definition) is 1. The predicted octanol–water partition coefficient (Wildman–Crippen LogP) is 3.28. The molecule has 0 bridgehead atoms. The summed E-state index contributed by atoms with van der Waals surface area (Å²) in [5, 5.41) is 6.11. The Kier molecular flexibility index (Phi) is 3.71. The molecule has 0 amide bonds. The van der Waals surface area contributed by atoms with Crippen LogP contribution in [0.15, 0.2) is 64.2 Å². The Labute approximate surface area is 126 Å². The predicted molar refractivity (Wildman–Crippen MR) is 81.8 cm³/mol. The SMILES string of the molecule is CN1NC(c2ccccc2)ON=C1c1ccc(Br)cc1. The lowest BCUT2D eigenvalue weighted by Gasteiger charge is -2.31. The third-order valence-corrected chi connectivity index (χ3v) is 3.61. The first-order chi connectivity index (χ1) is 9.74. The van der Waals surface area contributed by atoms with Crippen molar-refractivity contribution in [2.45, 2.75) is 6.23 Å². The molecule has 5 heteroatoms. The zero-order chi connectivity index (χ0) is 13.9. The smallest absolute Gasteiger partial charge is 0.220 e. The fourth-order valence-electron chi connectivity index (χ4n) is 2.03. The van der Waals surface area contributed by atoms with Gasteiger partial charge in [-0.05, 0) is 24.3 Å². The molecule has 1 unspecified atom stereocenters. The molecule has 4 nitrogen and oxygen atoms in total. The van der Waals surface area contributed by atoms with Gasteiger partial charge in [0.25, 0.3) is 0 Å². The van der Waals surface area contributed by atoms with Crippen LogP contribution in [-0.2, 0) is 4.84 Å². The first-order valence-corrected chi connectivity index (χ1v) is 7.08. The maximum atomic E-state index is 5.56. The number of benzene rings is 2. The van der Waals surface area contributed by atoms with Crippen LogP contribution in [0.3, 0.4) is 0 Å². The van der Waals surface area contributed by atoms with Gasteiger partial charge in [-0.3, -0.25) is 5.01 Å². The van der Waals surface area contributed by atoms with Crippen LogP contribution in [0.2, 0.25) is 0 Å². The van der Waals surface area contributed by atoms with E-state index in [0.717, 1.165) is 21.4 Å². The van der Waals surface area contributed by atoms with Gasteiger partial charge in [0.05, 0.1) is 0 Å². The Morgan fingerprint density at radius 1 is 1.10 bits per heavy atom. The van der Waals surface area contributed by atoms with E-state index in [1.165, 1.54) is 0 Å². The zero-order valence-corrected chi connectivity index (χ0v) is 12.5. The highest BCUT2D eigenvalue weighted by Gasteiger charge is 2.23. The van der Waals surface area contributed by atoms with Crippen molar-refractivity contribution >= 4 is 21.8 Å². The second kappa shape index (κ2) is 5.64. The van der Waals surface area contributed by atoms with Gasteiger partial charge in [-0.1, -0.05) is 51.4 Å². The van der Waals surface area contributed by atoms with Gasteiger partial charge in [0.2, 0.25) is 6.23 Å². The Bertz CT molecular complexity index is 613. The Morgan fingerprint density at radius 3 is 2.45 bits per heavy atom. The molecule has 3 rings (SSSR count). The molecule has 1 atom stereocenters. The van der Waals surface area contributed by atoms with E-state index >= 15 is 0 Å². The first kappa shape index (κ1) is 13.1. The fourth-order valence-corrected chi connectivity index (χ4v) is 2.30. The second-order valence-electron chi connectivity index (χ2n) is 4.51. The molecule has 0 saturated heterocycles. The van der Waals surface area contributed by atoms with Crippen LogP contribution < -0.4 is 5.43 Å². The maximum Gasteiger partial charge on any atom is 0.220 e. The van der Waals surface area contributed by atoms with E-state index in [4.69, 9.17) is 4.84 Å². The minimum atomic E-state index is -0.264. The van der Waals surface area contributed by atoms with Crippen LogP contribution >= 0.6 is 15.9 Å². The van der Waals surface area contributed by atoms with Crippen LogP contribution in [-0.4, -0.2) is 17.9 Å². The van der Waals surface area contributed by atoms with Crippen molar-refractivity contribution in [3.8, 4) is 0 Å². The van der Waals surface area contributed by atoms with Crippen molar-refractivity contribution in [3.63, 3.8) is 0 Å². The quantitative estimate of drug-likeness (QED) is 0.917. The van der Waals surface area contributed by atoms with Crippen LogP contribution in [0.5, 0.6) is 0 Å². The topological polar surface area (TPSA) is 36.9 Å². The number of amidine groups is 1. The highest BCUT2D eigenvalue weighted by molar-refractivity contribution is 9.10. The Hall–Kier alpha value is -1.85. The molecule has 0 fully saturated rings. The van der Waals surface area contributed by atoms with E-state index in [-0.39, 0.29) is 6.23 Å². The average molecular weight is 332 g/mol. The van der Waals surface area contributed by atoms with E-state index in [0.29, 0.717) is 0 Å². The van der Waals surface area contributed by atoms with E-state index in [9.17, 15) is 0 Å². The van der Waals surface area contributed by atoms with Crippen molar-refractivity contribution in [1.82, 2.24) is 10.4 Å². The molecule has 0 saturated carbocycles. The summed E-state index contributed by atoms with van der Waals surface area (Å²) in [5.74, 6) is 0.754. The minimum Gasteiger partial charge on any atom is -0.368 e. The number of hydrazine groups is 1. The number of halogens is 1. The van der Waals surface area contributed by atoms with Gasteiger partial charge in [-0.2, -0.15) is 5.43 Å². The van der Waals surface area contributed by atoms with Crippen LogP contribution in [0.1, 0.15) is 17.4 Å². The Balaban J connectivity index is 1.83. The number of oxime groups is 1. The molecule has 2 aromatic rings. The van der Waals surface area contributed by atoms with Crippen LogP contribution in [0.25, 0.3) is 0 Å². The molecule has 20 heavy (non-hydrogen) atoms. The van der Waals surface area contributed by atoms with Crippen molar-refractivity contribution in [2.24, 2.45) is 5.16 Å². The van der Waals surface area contributed by atoms with Crippen molar-refractivity contribution < 1.29 is 4.84 Å². The van der Waals surface area contributed by atoms with Gasteiger partial charge in [-0.25, -0.2) is 0 Å². The molecule has 0 aromatic heterocycles. The maximum absolute atomic E-state index is 5.56. The molecule has 0 radical (unpaired) electrons. The summed E-state index contributed by atoms with van der Waals surface area (Å²) in [4.78, 5) is 5.56. The summed E-state index contributed by atoms with van der Waals surface area (Å²) in [6.07, 6.45) is -0.264. The Morgan fingerprint density at radius 2 is 1.80 bits per heavy atom. The molecule has 102 valence electrons. The van der Waals surface area contributed by atoms with Gasteiger partial charge in [0, 0.05) is 22.6 Å². The third-order valence-electron chi connectivity index (χ3n) is 3.08. The molecule has 0 aliphatic carbocycles. The van der Waals surface area contributed by atoms with Crippen molar-refractivity contribution in [1.29, 1.82) is 0 Å². The molecule has 1 N–H and O–H groups in total. The van der Waals surface area contributed by atoms with Crippen molar-refractivity contribution in [2.75, 3.05) is 7.05 Å². The lowest BCUT2D eigenvalue weighted by Crippen LogP contribution is -2.46. The normalized spacial score (nSPS) is 18.4. The molecule has 0 spiro atoms. The van der Waals surface area contributed by atoms with Crippen LogP contribution in [0, 0.1) is 0 Å². The summed E-state index contributed by atoms with van der Waals surface area (Å²) < 4.78 is 1.04. The molecular formula is C15H14BrN3O. The van der Waals surface area contributed by atoms with Gasteiger partial charge < -0.3 is 4.84 Å². The van der Waals surface area contributed by atoms with Gasteiger partial charge in [-0.15, -0.1) is 0 Å². The largest absolute Gasteiger partial charge is 0.368 e. The van der Waals surface area contributed by atoms with E-state index in [1.54, 1.807) is 0 Å². The highest BCUT2D eigenvalue weighted by Crippen LogP contribution is 2.20. The molecule has 1 aliphatic heterocycles. The summed E-state index contributed by atoms with van der Waals surface area (Å²) in [6, 6.07) is 17.9. The highest BCUT2D eigenvalue weighted by atomic mass is 79.9. The fraction of sp³-hybridized carbons (Fsp3) is 0.133. The summed E-state index contributed by atoms with van der Waals surface area (Å²) in [7, 11) is 1.93. The number of nitrogens with zero attached hydrogens (tertiary/aromatic N) is 2. The summed E-state index contributed by atoms with van der Waals surface area (Å²) in [6.45, 7) is 0. The van der Waals surface area contributed by atoms with Crippen LogP contribution in [0.4, 0.5) is 0 Å². The minimum absolute atomic E-state index is 0.264. The zero-order valence-electron chi connectivity index (χ0n) is 11.0. The first-order valence-electron chi connectivity index (χ1n) is 6.28. The van der Waals surface area contributed by atoms with Gasteiger partial charge in [0.15, 0.2) is 5.84 Å². The van der Waals surface area contributed by atoms with Crippen molar-refractivity contribution in [3.05, 3.63) is 70.2 Å². The monoisotopic (exact) mass is 331 g/mol. The number of rotatable bonds is 2. The molecular weight excluding hydrogens is 318 g/mol. The summed E-state index contributed by atoms with van der Waals surface area (Å²) in [5.41, 5.74) is 5.30. The lowest BCUT2D eigenvalue weighted by atomic mass is 10.2. The molecule has 2 aromatic carbocycles. The van der Waals surface area contributed by atoms with E-state index in [2.05, 4.69) is 26.5 Å². The number of hydrogen-bond acceptors (Lipinski definition) is 4. The second-order valence-corrected chi connectivity index (χ2v) is 5.42. The molecule has 1 heterocycles. The van der Waals surface area contributed by atoms with E-state index < -0.39 is 0 Å². The van der Waals surface area contributed by atoms with E-state index in [1.807, 2.05) is 66.7 Å². The van der Waals surface area contributed by atoms with Gasteiger partial charge in [0.1, 0.15) is 0 Å². The lowest BCUT2D eigenvalue weighted by molar-refractivity contribution is -0.0237. The van der Waals surface area contributed by atoms with Gasteiger partial charge >= 0.3 is 0 Å². The average Bonchev–Trinajstić information content (AvgIpc) is 2.49. The molecule has 1 aliphatic rings. The number of nitrogens with one attached hydrogen (secondary N) is 1.